The van der Waals surface area contributed by atoms with Crippen molar-refractivity contribution in [1.29, 1.82) is 0 Å². The average Bonchev–Trinajstić information content (AvgIpc) is 2.20. The fraction of sp³-hybridized carbons (Fsp3) is 0.500. The van der Waals surface area contributed by atoms with E-state index < -0.39 is 11.9 Å². The molecule has 0 aliphatic rings. The lowest BCUT2D eigenvalue weighted by atomic mass is 10.2. The van der Waals surface area contributed by atoms with Gasteiger partial charge in [-0.05, 0) is 19.2 Å². The maximum atomic E-state index is 12.4. The normalized spacial score (nSPS) is 13.5. The third-order valence-electron chi connectivity index (χ3n) is 2.04. The summed E-state index contributed by atoms with van der Waals surface area (Å²) in [5.41, 5.74) is 5.12. The van der Waals surface area contributed by atoms with Crippen molar-refractivity contribution in [1.82, 2.24) is 4.98 Å². The van der Waals surface area contributed by atoms with Crippen LogP contribution in [-0.2, 0) is 6.18 Å². The van der Waals surface area contributed by atoms with Crippen LogP contribution in [0.25, 0.3) is 0 Å². The Morgan fingerprint density at radius 1 is 1.53 bits per heavy atom. The Hall–Kier alpha value is -1.11. The van der Waals surface area contributed by atoms with Crippen molar-refractivity contribution in [2.75, 3.05) is 23.1 Å². The molecule has 1 heterocycles. The number of hydrogen-bond donors (Lipinski definition) is 2. The van der Waals surface area contributed by atoms with E-state index in [4.69, 9.17) is 5.73 Å². The minimum absolute atomic E-state index is 0.0378. The number of nitrogens with one attached hydrogen (secondary N) is 1. The highest BCUT2D eigenvalue weighted by atomic mass is 32.2. The number of nitrogen functional groups attached to an aromatic ring is 1. The zero-order chi connectivity index (χ0) is 13.1. The fourth-order valence-corrected chi connectivity index (χ4v) is 1.89. The summed E-state index contributed by atoms with van der Waals surface area (Å²) >= 11 is 1.60. The largest absolute Gasteiger partial charge is 0.433 e. The van der Waals surface area contributed by atoms with Gasteiger partial charge in [-0.2, -0.15) is 24.9 Å². The van der Waals surface area contributed by atoms with Crippen molar-refractivity contribution in [2.45, 2.75) is 19.1 Å². The Balaban J connectivity index is 2.91. The van der Waals surface area contributed by atoms with Crippen LogP contribution in [0.2, 0.25) is 0 Å². The number of aromatic nitrogens is 1. The van der Waals surface area contributed by atoms with E-state index in [-0.39, 0.29) is 17.4 Å². The second-order valence-corrected chi connectivity index (χ2v) is 4.57. The average molecular weight is 265 g/mol. The Morgan fingerprint density at radius 2 is 2.18 bits per heavy atom. The second-order valence-electron chi connectivity index (χ2n) is 3.66. The van der Waals surface area contributed by atoms with E-state index in [2.05, 4.69) is 10.3 Å². The molecule has 0 radical (unpaired) electrons. The van der Waals surface area contributed by atoms with Gasteiger partial charge in [0.05, 0.1) is 17.6 Å². The first kappa shape index (κ1) is 14.0. The summed E-state index contributed by atoms with van der Waals surface area (Å²) in [4.78, 5) is 3.27. The topological polar surface area (TPSA) is 50.9 Å². The van der Waals surface area contributed by atoms with Gasteiger partial charge in [-0.1, -0.05) is 0 Å². The number of alkyl halides is 3. The number of thioether (sulfide) groups is 1. The van der Waals surface area contributed by atoms with Gasteiger partial charge in [0.15, 0.2) is 0 Å². The molecule has 1 unspecified atom stereocenters. The highest BCUT2D eigenvalue weighted by Gasteiger charge is 2.33. The van der Waals surface area contributed by atoms with Gasteiger partial charge in [-0.3, -0.25) is 0 Å². The van der Waals surface area contributed by atoms with Crippen LogP contribution in [0.15, 0.2) is 12.3 Å². The van der Waals surface area contributed by atoms with Gasteiger partial charge < -0.3 is 11.1 Å². The molecule has 7 heteroatoms. The molecule has 0 saturated carbocycles. The van der Waals surface area contributed by atoms with Crippen LogP contribution in [0.4, 0.5) is 24.5 Å². The lowest BCUT2D eigenvalue weighted by molar-refractivity contribution is -0.141. The van der Waals surface area contributed by atoms with E-state index in [1.165, 1.54) is 0 Å². The van der Waals surface area contributed by atoms with Crippen LogP contribution in [0.1, 0.15) is 12.6 Å². The lowest BCUT2D eigenvalue weighted by Gasteiger charge is -2.17. The van der Waals surface area contributed by atoms with Gasteiger partial charge >= 0.3 is 6.18 Å². The Labute approximate surface area is 102 Å². The molecule has 3 N–H and O–H groups in total. The number of halogens is 3. The number of pyridine rings is 1. The molecule has 0 fully saturated rings. The maximum absolute atomic E-state index is 12.4. The third kappa shape index (κ3) is 3.99. The van der Waals surface area contributed by atoms with Crippen LogP contribution in [0, 0.1) is 0 Å². The number of anilines is 2. The summed E-state index contributed by atoms with van der Waals surface area (Å²) in [7, 11) is 0. The Morgan fingerprint density at radius 3 is 2.71 bits per heavy atom. The van der Waals surface area contributed by atoms with E-state index in [0.717, 1.165) is 18.0 Å². The molecule has 17 heavy (non-hydrogen) atoms. The summed E-state index contributed by atoms with van der Waals surface area (Å²) in [6.45, 7) is 1.88. The summed E-state index contributed by atoms with van der Waals surface area (Å²) in [5, 5.41) is 2.94. The maximum Gasteiger partial charge on any atom is 0.433 e. The summed E-state index contributed by atoms with van der Waals surface area (Å²) in [6.07, 6.45) is -1.50. The third-order valence-corrected chi connectivity index (χ3v) is 2.88. The van der Waals surface area contributed by atoms with Gasteiger partial charge in [0.25, 0.3) is 0 Å². The highest BCUT2D eigenvalue weighted by molar-refractivity contribution is 7.98. The molecule has 0 aliphatic carbocycles. The predicted molar refractivity (Wildman–Crippen MR) is 65.1 cm³/mol. The first-order chi connectivity index (χ1) is 7.84. The van der Waals surface area contributed by atoms with Crippen LogP contribution < -0.4 is 11.1 Å². The molecule has 1 atom stereocenters. The van der Waals surface area contributed by atoms with Crippen molar-refractivity contribution in [2.24, 2.45) is 0 Å². The Bertz CT molecular complexity index is 382. The molecule has 0 aliphatic heterocycles. The van der Waals surface area contributed by atoms with Gasteiger partial charge in [-0.25, -0.2) is 4.98 Å². The van der Waals surface area contributed by atoms with Crippen LogP contribution in [-0.4, -0.2) is 23.0 Å². The lowest BCUT2D eigenvalue weighted by Crippen LogP contribution is -2.19. The van der Waals surface area contributed by atoms with Gasteiger partial charge in [0.2, 0.25) is 0 Å². The zero-order valence-corrected chi connectivity index (χ0v) is 10.3. The Kier molecular flexibility index (Phi) is 4.50. The minimum atomic E-state index is -4.45. The van der Waals surface area contributed by atoms with E-state index in [1.807, 2.05) is 13.2 Å². The molecule has 1 aromatic heterocycles. The summed E-state index contributed by atoms with van der Waals surface area (Å²) in [6, 6.07) is 0.974. The zero-order valence-electron chi connectivity index (χ0n) is 9.51. The van der Waals surface area contributed by atoms with E-state index in [9.17, 15) is 13.2 Å². The fourth-order valence-electron chi connectivity index (χ4n) is 1.30. The van der Waals surface area contributed by atoms with Crippen molar-refractivity contribution in [3.63, 3.8) is 0 Å². The predicted octanol–water partition coefficient (Wildman–Crippen LogP) is 2.85. The standard InChI is InChI=1S/C10H14F3N3S/c1-6(5-17-2)16-8-3-9(10(11,12)13)15-4-7(8)14/h3-4,6H,5,14H2,1-2H3,(H,15,16). The molecule has 0 bridgehead atoms. The molecule has 0 aromatic carbocycles. The molecule has 3 nitrogen and oxygen atoms in total. The van der Waals surface area contributed by atoms with Gasteiger partial charge in [-0.15, -0.1) is 0 Å². The molecule has 0 amide bonds. The summed E-state index contributed by atoms with van der Waals surface area (Å²) < 4.78 is 37.3. The molecule has 0 spiro atoms. The smallest absolute Gasteiger partial charge is 0.396 e. The first-order valence-electron chi connectivity index (χ1n) is 4.92. The van der Waals surface area contributed by atoms with Crippen molar-refractivity contribution < 1.29 is 13.2 Å². The molecular weight excluding hydrogens is 251 g/mol. The van der Waals surface area contributed by atoms with Crippen LogP contribution in [0.3, 0.4) is 0 Å². The van der Waals surface area contributed by atoms with Gasteiger partial charge in [0, 0.05) is 11.8 Å². The molecule has 96 valence electrons. The molecule has 0 saturated heterocycles. The quantitative estimate of drug-likeness (QED) is 0.879. The molecule has 1 rings (SSSR count). The SMILES string of the molecule is CSCC(C)Nc1cc(C(F)(F)F)ncc1N. The van der Waals surface area contributed by atoms with Crippen molar-refractivity contribution >= 4 is 23.1 Å². The van der Waals surface area contributed by atoms with E-state index >= 15 is 0 Å². The minimum Gasteiger partial charge on any atom is -0.396 e. The molecular formula is C10H14F3N3S. The van der Waals surface area contributed by atoms with Crippen LogP contribution >= 0.6 is 11.8 Å². The van der Waals surface area contributed by atoms with E-state index in [0.29, 0.717) is 0 Å². The van der Waals surface area contributed by atoms with E-state index in [1.54, 1.807) is 11.8 Å². The van der Waals surface area contributed by atoms with Crippen molar-refractivity contribution in [3.05, 3.63) is 18.0 Å². The monoisotopic (exact) mass is 265 g/mol. The van der Waals surface area contributed by atoms with Crippen LogP contribution in [0.5, 0.6) is 0 Å². The van der Waals surface area contributed by atoms with Gasteiger partial charge in [0.1, 0.15) is 5.69 Å². The number of hydrogen-bond acceptors (Lipinski definition) is 4. The summed E-state index contributed by atoms with van der Waals surface area (Å²) in [5.74, 6) is 0.781. The first-order valence-corrected chi connectivity index (χ1v) is 6.32. The number of nitrogens with zero attached hydrogens (tertiary/aromatic N) is 1. The second kappa shape index (κ2) is 5.48. The number of nitrogens with two attached hydrogens (primary N) is 1. The highest BCUT2D eigenvalue weighted by Crippen LogP contribution is 2.31. The molecule has 1 aromatic rings. The van der Waals surface area contributed by atoms with Crippen molar-refractivity contribution in [3.8, 4) is 0 Å². The number of rotatable bonds is 4.